The van der Waals surface area contributed by atoms with E-state index in [1.54, 1.807) is 0 Å². The highest BCUT2D eigenvalue weighted by atomic mass is 35.5. The fourth-order valence-corrected chi connectivity index (χ4v) is 2.98. The van der Waals surface area contributed by atoms with Crippen molar-refractivity contribution in [1.82, 2.24) is 4.90 Å². The van der Waals surface area contributed by atoms with E-state index in [2.05, 4.69) is 4.90 Å². The number of morpholine rings is 1. The van der Waals surface area contributed by atoms with E-state index in [9.17, 15) is 9.50 Å². The van der Waals surface area contributed by atoms with Crippen molar-refractivity contribution in [3.8, 4) is 5.75 Å². The maximum absolute atomic E-state index is 13.6. The summed E-state index contributed by atoms with van der Waals surface area (Å²) in [6.45, 7) is 2.80. The number of fused-ring (bicyclic) bond motifs is 1. The van der Waals surface area contributed by atoms with Crippen LogP contribution in [0.4, 0.5) is 4.39 Å². The Hall–Kier alpha value is -0.880. The Morgan fingerprint density at radius 3 is 2.79 bits per heavy atom. The molecule has 1 saturated heterocycles. The average molecular weight is 288 g/mol. The Labute approximate surface area is 115 Å². The molecule has 2 aliphatic rings. The average Bonchev–Trinajstić information content (AvgIpc) is 2.39. The standard InChI is InChI=1S/C13H15ClFNO3/c14-10-6-8(15)5-9-12(11(17)7-19-13(9)10)16-1-3-18-4-2-16/h5-6,11-12,17H,1-4,7H2. The van der Waals surface area contributed by atoms with Gasteiger partial charge in [0.05, 0.1) is 24.3 Å². The highest BCUT2D eigenvalue weighted by Gasteiger charge is 2.36. The third-order valence-corrected chi connectivity index (χ3v) is 3.84. The van der Waals surface area contributed by atoms with Crippen molar-refractivity contribution in [2.75, 3.05) is 32.9 Å². The van der Waals surface area contributed by atoms with Gasteiger partial charge in [0.2, 0.25) is 0 Å². The monoisotopic (exact) mass is 287 g/mol. The second kappa shape index (κ2) is 5.25. The van der Waals surface area contributed by atoms with Crippen molar-refractivity contribution in [3.63, 3.8) is 0 Å². The summed E-state index contributed by atoms with van der Waals surface area (Å²) >= 11 is 6.01. The molecule has 1 aromatic rings. The summed E-state index contributed by atoms with van der Waals surface area (Å²) in [5.74, 6) is 0.0598. The molecular weight excluding hydrogens is 273 g/mol. The van der Waals surface area contributed by atoms with E-state index < -0.39 is 11.9 Å². The van der Waals surface area contributed by atoms with Gasteiger partial charge in [-0.1, -0.05) is 11.6 Å². The van der Waals surface area contributed by atoms with Crippen LogP contribution in [0.3, 0.4) is 0 Å². The number of rotatable bonds is 1. The molecule has 6 heteroatoms. The van der Waals surface area contributed by atoms with Gasteiger partial charge in [0.1, 0.15) is 24.3 Å². The number of aliphatic hydroxyl groups excluding tert-OH is 1. The van der Waals surface area contributed by atoms with Gasteiger partial charge in [0, 0.05) is 18.7 Å². The van der Waals surface area contributed by atoms with Crippen molar-refractivity contribution in [1.29, 1.82) is 0 Å². The first-order valence-electron chi connectivity index (χ1n) is 6.28. The Kier molecular flexibility index (Phi) is 3.62. The van der Waals surface area contributed by atoms with Crippen LogP contribution >= 0.6 is 11.6 Å². The summed E-state index contributed by atoms with van der Waals surface area (Å²) in [6, 6.07) is 2.33. The molecule has 0 bridgehead atoms. The summed E-state index contributed by atoms with van der Waals surface area (Å²) < 4.78 is 24.3. The topological polar surface area (TPSA) is 41.9 Å². The van der Waals surface area contributed by atoms with E-state index in [1.165, 1.54) is 12.1 Å². The number of hydrogen-bond donors (Lipinski definition) is 1. The highest BCUT2D eigenvalue weighted by Crippen LogP contribution is 2.41. The van der Waals surface area contributed by atoms with Crippen LogP contribution in [-0.4, -0.2) is 49.0 Å². The predicted molar refractivity (Wildman–Crippen MR) is 68.0 cm³/mol. The lowest BCUT2D eigenvalue weighted by molar-refractivity contribution is -0.0444. The third-order valence-electron chi connectivity index (χ3n) is 3.56. The van der Waals surface area contributed by atoms with Crippen LogP contribution in [-0.2, 0) is 4.74 Å². The van der Waals surface area contributed by atoms with Crippen molar-refractivity contribution in [3.05, 3.63) is 28.5 Å². The smallest absolute Gasteiger partial charge is 0.143 e. The summed E-state index contributed by atoms with van der Waals surface area (Å²) in [5, 5.41) is 10.4. The van der Waals surface area contributed by atoms with Gasteiger partial charge in [-0.2, -0.15) is 0 Å². The largest absolute Gasteiger partial charge is 0.489 e. The van der Waals surface area contributed by atoms with Gasteiger partial charge >= 0.3 is 0 Å². The molecule has 0 radical (unpaired) electrons. The first-order valence-corrected chi connectivity index (χ1v) is 6.66. The number of nitrogens with zero attached hydrogens (tertiary/aromatic N) is 1. The van der Waals surface area contributed by atoms with Crippen LogP contribution in [0.25, 0.3) is 0 Å². The molecule has 1 aromatic carbocycles. The van der Waals surface area contributed by atoms with Gasteiger partial charge in [-0.25, -0.2) is 4.39 Å². The Morgan fingerprint density at radius 1 is 1.32 bits per heavy atom. The molecule has 1 fully saturated rings. The van der Waals surface area contributed by atoms with E-state index in [0.717, 1.165) is 0 Å². The summed E-state index contributed by atoms with van der Waals surface area (Å²) in [4.78, 5) is 2.09. The summed E-state index contributed by atoms with van der Waals surface area (Å²) in [7, 11) is 0. The molecule has 2 atom stereocenters. The molecule has 104 valence electrons. The van der Waals surface area contributed by atoms with Crippen LogP contribution in [0.15, 0.2) is 12.1 Å². The van der Waals surface area contributed by atoms with E-state index >= 15 is 0 Å². The molecule has 3 rings (SSSR count). The van der Waals surface area contributed by atoms with E-state index in [0.29, 0.717) is 37.6 Å². The molecule has 2 unspecified atom stereocenters. The lowest BCUT2D eigenvalue weighted by Gasteiger charge is -2.40. The molecule has 19 heavy (non-hydrogen) atoms. The molecule has 0 aromatic heterocycles. The normalized spacial score (nSPS) is 27.7. The minimum absolute atomic E-state index is 0.167. The van der Waals surface area contributed by atoms with Crippen LogP contribution in [0.2, 0.25) is 5.02 Å². The number of halogens is 2. The minimum Gasteiger partial charge on any atom is -0.489 e. The van der Waals surface area contributed by atoms with Gasteiger partial charge in [0.15, 0.2) is 0 Å². The second-order valence-corrected chi connectivity index (χ2v) is 5.18. The van der Waals surface area contributed by atoms with Crippen molar-refractivity contribution in [2.45, 2.75) is 12.1 Å². The molecule has 1 N–H and O–H groups in total. The maximum atomic E-state index is 13.6. The molecule has 4 nitrogen and oxygen atoms in total. The van der Waals surface area contributed by atoms with Crippen molar-refractivity contribution < 1.29 is 19.0 Å². The lowest BCUT2D eigenvalue weighted by atomic mass is 9.96. The quantitative estimate of drug-likeness (QED) is 0.852. The first kappa shape index (κ1) is 13.1. The fraction of sp³-hybridized carbons (Fsp3) is 0.538. The van der Waals surface area contributed by atoms with Gasteiger partial charge in [-0.05, 0) is 12.1 Å². The SMILES string of the molecule is OC1COc2c(Cl)cc(F)cc2C1N1CCOCC1. The van der Waals surface area contributed by atoms with Crippen LogP contribution in [0.5, 0.6) is 5.75 Å². The van der Waals surface area contributed by atoms with Crippen molar-refractivity contribution >= 4 is 11.6 Å². The summed E-state index contributed by atoms with van der Waals surface area (Å²) in [5.41, 5.74) is 0.616. The van der Waals surface area contributed by atoms with E-state index in [-0.39, 0.29) is 17.7 Å². The molecule has 0 saturated carbocycles. The molecule has 2 heterocycles. The molecular formula is C13H15ClFNO3. The fourth-order valence-electron chi connectivity index (χ4n) is 2.72. The zero-order valence-electron chi connectivity index (χ0n) is 10.3. The number of aliphatic hydroxyl groups is 1. The Bertz CT molecular complexity index is 479. The number of benzene rings is 1. The minimum atomic E-state index is -0.691. The Balaban J connectivity index is 2.00. The van der Waals surface area contributed by atoms with Gasteiger partial charge in [-0.15, -0.1) is 0 Å². The van der Waals surface area contributed by atoms with Gasteiger partial charge < -0.3 is 14.6 Å². The van der Waals surface area contributed by atoms with Crippen LogP contribution < -0.4 is 4.74 Å². The van der Waals surface area contributed by atoms with Crippen LogP contribution in [0.1, 0.15) is 11.6 Å². The van der Waals surface area contributed by atoms with E-state index in [4.69, 9.17) is 21.1 Å². The van der Waals surface area contributed by atoms with E-state index in [1.807, 2.05) is 0 Å². The Morgan fingerprint density at radius 2 is 2.05 bits per heavy atom. The lowest BCUT2D eigenvalue weighted by Crippen LogP contribution is -2.47. The number of ether oxygens (including phenoxy) is 2. The summed E-state index contributed by atoms with van der Waals surface area (Å²) in [6.07, 6.45) is -0.691. The molecule has 0 amide bonds. The van der Waals surface area contributed by atoms with Gasteiger partial charge in [0.25, 0.3) is 0 Å². The second-order valence-electron chi connectivity index (χ2n) is 4.78. The first-order chi connectivity index (χ1) is 9.16. The zero-order valence-corrected chi connectivity index (χ0v) is 11.1. The van der Waals surface area contributed by atoms with Gasteiger partial charge in [-0.3, -0.25) is 4.90 Å². The molecule has 2 aliphatic heterocycles. The molecule has 0 spiro atoms. The molecule has 0 aliphatic carbocycles. The van der Waals surface area contributed by atoms with Crippen LogP contribution in [0, 0.1) is 5.82 Å². The predicted octanol–water partition coefficient (Wildman–Crippen LogP) is 1.61. The number of hydrogen-bond acceptors (Lipinski definition) is 4. The zero-order chi connectivity index (χ0) is 13.4. The maximum Gasteiger partial charge on any atom is 0.143 e. The third kappa shape index (κ3) is 2.43. The van der Waals surface area contributed by atoms with Crippen molar-refractivity contribution in [2.24, 2.45) is 0 Å². The highest BCUT2D eigenvalue weighted by molar-refractivity contribution is 6.32.